The monoisotopic (exact) mass is 213 g/mol. The Kier molecular flexibility index (Phi) is 3.48. The van der Waals surface area contributed by atoms with Crippen LogP contribution in [0, 0.1) is 0 Å². The fourth-order valence-corrected chi connectivity index (χ4v) is 1.06. The summed E-state index contributed by atoms with van der Waals surface area (Å²) in [7, 11) is 0. The minimum atomic E-state index is -0.945. The largest absolute Gasteiger partial charge is 0.481 e. The van der Waals surface area contributed by atoms with Crippen LogP contribution in [-0.4, -0.2) is 16.1 Å². The molecule has 4 nitrogen and oxygen atoms in total. The lowest BCUT2D eigenvalue weighted by molar-refractivity contribution is -0.135. The number of pyridine rings is 1. The third-order valence-electron chi connectivity index (χ3n) is 1.49. The Labute approximate surface area is 84.8 Å². The highest BCUT2D eigenvalue weighted by Crippen LogP contribution is 2.06. The standard InChI is InChI=1S/C9H8ClNO3/c10-7-4-6(9(14)11-5-7)2-1-3-8(12)13/h1-2,4-5H,3H2,(H,11,14)(H,12,13). The Morgan fingerprint density at radius 1 is 1.64 bits per heavy atom. The number of hydrogen-bond donors (Lipinski definition) is 2. The minimum Gasteiger partial charge on any atom is -0.481 e. The number of aromatic nitrogens is 1. The van der Waals surface area contributed by atoms with Gasteiger partial charge < -0.3 is 10.1 Å². The molecule has 1 heterocycles. The van der Waals surface area contributed by atoms with E-state index in [9.17, 15) is 9.59 Å². The maximum Gasteiger partial charge on any atom is 0.307 e. The summed E-state index contributed by atoms with van der Waals surface area (Å²) in [6.45, 7) is 0. The number of aromatic amines is 1. The third kappa shape index (κ3) is 3.06. The highest BCUT2D eigenvalue weighted by atomic mass is 35.5. The van der Waals surface area contributed by atoms with Gasteiger partial charge >= 0.3 is 5.97 Å². The van der Waals surface area contributed by atoms with E-state index in [2.05, 4.69) is 4.98 Å². The summed E-state index contributed by atoms with van der Waals surface area (Å²) < 4.78 is 0. The first-order valence-corrected chi connectivity index (χ1v) is 4.24. The molecule has 1 aromatic heterocycles. The minimum absolute atomic E-state index is 0.119. The summed E-state index contributed by atoms with van der Waals surface area (Å²) in [5.74, 6) is -0.945. The van der Waals surface area contributed by atoms with Gasteiger partial charge in [0.25, 0.3) is 5.56 Å². The normalized spacial score (nSPS) is 10.6. The molecule has 5 heteroatoms. The van der Waals surface area contributed by atoms with Crippen LogP contribution in [-0.2, 0) is 4.79 Å². The first kappa shape index (κ1) is 10.5. The highest BCUT2D eigenvalue weighted by Gasteiger charge is 1.96. The number of carboxylic acid groups (broad SMARTS) is 1. The van der Waals surface area contributed by atoms with Gasteiger partial charge in [-0.2, -0.15) is 0 Å². The first-order chi connectivity index (χ1) is 6.59. The molecule has 0 aliphatic heterocycles. The van der Waals surface area contributed by atoms with Gasteiger partial charge in [0, 0.05) is 11.8 Å². The molecular formula is C9H8ClNO3. The topological polar surface area (TPSA) is 70.2 Å². The van der Waals surface area contributed by atoms with Crippen molar-refractivity contribution in [3.8, 4) is 0 Å². The van der Waals surface area contributed by atoms with Crippen molar-refractivity contribution < 1.29 is 9.90 Å². The predicted molar refractivity (Wildman–Crippen MR) is 53.4 cm³/mol. The Balaban J connectivity index is 2.86. The molecule has 0 aliphatic rings. The smallest absolute Gasteiger partial charge is 0.307 e. The van der Waals surface area contributed by atoms with Crippen LogP contribution in [0.4, 0.5) is 0 Å². The predicted octanol–water partition coefficient (Wildman–Crippen LogP) is 1.52. The number of hydrogen-bond acceptors (Lipinski definition) is 2. The van der Waals surface area contributed by atoms with Crippen LogP contribution in [0.15, 0.2) is 23.1 Å². The average molecular weight is 214 g/mol. The van der Waals surface area contributed by atoms with Crippen molar-refractivity contribution in [2.24, 2.45) is 0 Å². The molecule has 0 aromatic carbocycles. The maximum absolute atomic E-state index is 11.1. The molecule has 1 aromatic rings. The van der Waals surface area contributed by atoms with Crippen LogP contribution in [0.25, 0.3) is 6.08 Å². The third-order valence-corrected chi connectivity index (χ3v) is 1.70. The van der Waals surface area contributed by atoms with Gasteiger partial charge in [0.2, 0.25) is 0 Å². The molecule has 0 aliphatic carbocycles. The number of aliphatic carboxylic acids is 1. The molecular weight excluding hydrogens is 206 g/mol. The number of nitrogens with one attached hydrogen (secondary N) is 1. The van der Waals surface area contributed by atoms with Gasteiger partial charge in [-0.05, 0) is 6.07 Å². The van der Waals surface area contributed by atoms with Gasteiger partial charge in [0.15, 0.2) is 0 Å². The summed E-state index contributed by atoms with van der Waals surface area (Å²) in [4.78, 5) is 23.7. The van der Waals surface area contributed by atoms with Crippen LogP contribution in [0.5, 0.6) is 0 Å². The van der Waals surface area contributed by atoms with Crippen molar-refractivity contribution in [1.82, 2.24) is 4.98 Å². The van der Waals surface area contributed by atoms with Crippen LogP contribution < -0.4 is 5.56 Å². The van der Waals surface area contributed by atoms with E-state index in [1.54, 1.807) is 0 Å². The molecule has 0 radical (unpaired) electrons. The average Bonchev–Trinajstić information content (AvgIpc) is 2.10. The summed E-state index contributed by atoms with van der Waals surface area (Å²) in [5.41, 5.74) is 0.0507. The van der Waals surface area contributed by atoms with E-state index < -0.39 is 5.97 Å². The fraction of sp³-hybridized carbons (Fsp3) is 0.111. The molecule has 1 rings (SSSR count). The number of carboxylic acids is 1. The second-order valence-corrected chi connectivity index (χ2v) is 3.04. The lowest BCUT2D eigenvalue weighted by Crippen LogP contribution is -2.07. The summed E-state index contributed by atoms with van der Waals surface area (Å²) in [6.07, 6.45) is 4.08. The zero-order valence-electron chi connectivity index (χ0n) is 7.16. The van der Waals surface area contributed by atoms with Crippen LogP contribution in [0.1, 0.15) is 12.0 Å². The first-order valence-electron chi connectivity index (χ1n) is 3.86. The summed E-state index contributed by atoms with van der Waals surface area (Å²) >= 11 is 5.64. The highest BCUT2D eigenvalue weighted by molar-refractivity contribution is 6.30. The van der Waals surface area contributed by atoms with E-state index >= 15 is 0 Å². The second kappa shape index (κ2) is 4.62. The Morgan fingerprint density at radius 3 is 3.00 bits per heavy atom. The van der Waals surface area contributed by atoms with Crippen LogP contribution in [0.2, 0.25) is 5.02 Å². The van der Waals surface area contributed by atoms with E-state index in [0.29, 0.717) is 10.6 Å². The van der Waals surface area contributed by atoms with Crippen molar-refractivity contribution in [3.05, 3.63) is 39.3 Å². The molecule has 0 saturated carbocycles. The van der Waals surface area contributed by atoms with E-state index in [0.717, 1.165) is 0 Å². The molecule has 0 spiro atoms. The molecule has 0 unspecified atom stereocenters. The molecule has 0 bridgehead atoms. The fourth-order valence-electron chi connectivity index (χ4n) is 0.884. The molecule has 0 atom stereocenters. The SMILES string of the molecule is O=C(O)CC=Cc1cc(Cl)c[nH]c1=O. The Hall–Kier alpha value is -1.55. The Morgan fingerprint density at radius 2 is 2.36 bits per heavy atom. The molecule has 74 valence electrons. The summed E-state index contributed by atoms with van der Waals surface area (Å²) in [5, 5.41) is 8.75. The number of halogens is 1. The molecule has 2 N–H and O–H groups in total. The van der Waals surface area contributed by atoms with Crippen molar-refractivity contribution in [2.75, 3.05) is 0 Å². The molecule has 14 heavy (non-hydrogen) atoms. The lowest BCUT2D eigenvalue weighted by Gasteiger charge is -1.92. The van der Waals surface area contributed by atoms with Crippen LogP contribution >= 0.6 is 11.6 Å². The summed E-state index contributed by atoms with van der Waals surface area (Å²) in [6, 6.07) is 1.47. The number of H-pyrrole nitrogens is 1. The Bertz CT molecular complexity index is 422. The van der Waals surface area contributed by atoms with Crippen molar-refractivity contribution in [2.45, 2.75) is 6.42 Å². The number of carbonyl (C=O) groups is 1. The van der Waals surface area contributed by atoms with Crippen molar-refractivity contribution in [1.29, 1.82) is 0 Å². The van der Waals surface area contributed by atoms with Gasteiger partial charge in [0.05, 0.1) is 11.4 Å². The second-order valence-electron chi connectivity index (χ2n) is 2.60. The van der Waals surface area contributed by atoms with Gasteiger partial charge in [-0.25, -0.2) is 0 Å². The van der Waals surface area contributed by atoms with Gasteiger partial charge in [-0.3, -0.25) is 9.59 Å². The number of rotatable bonds is 3. The van der Waals surface area contributed by atoms with Gasteiger partial charge in [-0.15, -0.1) is 0 Å². The van der Waals surface area contributed by atoms with E-state index in [4.69, 9.17) is 16.7 Å². The molecule has 0 fully saturated rings. The van der Waals surface area contributed by atoms with Gasteiger partial charge in [0.1, 0.15) is 0 Å². The van der Waals surface area contributed by atoms with Crippen molar-refractivity contribution >= 4 is 23.6 Å². The van der Waals surface area contributed by atoms with Gasteiger partial charge in [-0.1, -0.05) is 23.8 Å². The zero-order valence-corrected chi connectivity index (χ0v) is 7.91. The quantitative estimate of drug-likeness (QED) is 0.800. The van der Waals surface area contributed by atoms with E-state index in [-0.39, 0.29) is 12.0 Å². The van der Waals surface area contributed by atoms with Crippen LogP contribution in [0.3, 0.4) is 0 Å². The zero-order chi connectivity index (χ0) is 10.6. The molecule has 0 saturated heterocycles. The maximum atomic E-state index is 11.1. The van der Waals surface area contributed by atoms with Crippen molar-refractivity contribution in [3.63, 3.8) is 0 Å². The molecule has 0 amide bonds. The lowest BCUT2D eigenvalue weighted by atomic mass is 10.2. The van der Waals surface area contributed by atoms with E-state index in [1.165, 1.54) is 24.4 Å². The van der Waals surface area contributed by atoms with E-state index in [1.807, 2.05) is 0 Å².